The number of benzene rings is 1. The molecule has 0 aliphatic carbocycles. The molecule has 1 aromatic carbocycles. The predicted octanol–water partition coefficient (Wildman–Crippen LogP) is 5.77. The van der Waals surface area contributed by atoms with Crippen LogP contribution in [0.15, 0.2) is 35.4 Å². The monoisotopic (exact) mass is 371 g/mol. The van der Waals surface area contributed by atoms with E-state index < -0.39 is 22.5 Å². The Balaban J connectivity index is 2.56. The quantitative estimate of drug-likeness (QED) is 0.628. The third-order valence-electron chi connectivity index (χ3n) is 4.03. The molecule has 0 atom stereocenters. The third-order valence-corrected chi connectivity index (χ3v) is 5.58. The average Bonchev–Trinajstić information content (AvgIpc) is 2.54. The van der Waals surface area contributed by atoms with Crippen LogP contribution in [0.4, 0.5) is 13.2 Å². The van der Waals surface area contributed by atoms with Crippen LogP contribution < -0.4 is 0 Å². The van der Waals surface area contributed by atoms with Gasteiger partial charge in [-0.15, -0.1) is 11.8 Å². The first kappa shape index (κ1) is 19.6. The van der Waals surface area contributed by atoms with E-state index in [1.165, 1.54) is 12.3 Å². The van der Waals surface area contributed by atoms with Crippen LogP contribution in [0, 0.1) is 0 Å². The summed E-state index contributed by atoms with van der Waals surface area (Å²) in [5.74, 6) is -0.932. The smallest absolute Gasteiger partial charge is 0.416 e. The van der Waals surface area contributed by atoms with E-state index in [1.54, 1.807) is 6.07 Å². The van der Waals surface area contributed by atoms with E-state index in [0.29, 0.717) is 41.5 Å². The molecule has 7 heteroatoms. The fourth-order valence-electron chi connectivity index (χ4n) is 2.89. The van der Waals surface area contributed by atoms with Crippen molar-refractivity contribution < 1.29 is 23.1 Å². The summed E-state index contributed by atoms with van der Waals surface area (Å²) in [6.45, 7) is 3.81. The number of hydrogen-bond acceptors (Lipinski definition) is 3. The average molecular weight is 371 g/mol. The van der Waals surface area contributed by atoms with E-state index >= 15 is 0 Å². The van der Waals surface area contributed by atoms with E-state index in [4.69, 9.17) is 0 Å². The topological polar surface area (TPSA) is 50.2 Å². The van der Waals surface area contributed by atoms with Gasteiger partial charge >= 0.3 is 12.1 Å². The maximum absolute atomic E-state index is 13.0. The second kappa shape index (κ2) is 7.64. The summed E-state index contributed by atoms with van der Waals surface area (Å²) in [6.07, 6.45) is -0.704. The number of thioether (sulfide) groups is 1. The number of rotatable bonds is 7. The maximum Gasteiger partial charge on any atom is 0.416 e. The standard InChI is InChI=1S/C18H20F3NO2S/c1-3-8-17(9-4-2,16(23)24)25-15-7-10-22-14-6-5-12(11-13(14)15)18(19,20)21/h5-7,10-11H,3-4,8-9H2,1-2H3,(H,23,24). The number of carbonyl (C=O) groups is 1. The van der Waals surface area contributed by atoms with Crippen molar-refractivity contribution in [1.82, 2.24) is 4.98 Å². The van der Waals surface area contributed by atoms with Crippen molar-refractivity contribution in [3.05, 3.63) is 36.0 Å². The fourth-order valence-corrected chi connectivity index (χ4v) is 4.41. The highest BCUT2D eigenvalue weighted by atomic mass is 32.2. The lowest BCUT2D eigenvalue weighted by molar-refractivity contribution is -0.140. The van der Waals surface area contributed by atoms with E-state index in [2.05, 4.69) is 4.98 Å². The van der Waals surface area contributed by atoms with Crippen LogP contribution in [-0.2, 0) is 11.0 Å². The van der Waals surface area contributed by atoms with E-state index in [9.17, 15) is 23.1 Å². The Morgan fingerprint density at radius 2 is 1.80 bits per heavy atom. The Hall–Kier alpha value is -1.76. The molecule has 0 aliphatic rings. The van der Waals surface area contributed by atoms with Gasteiger partial charge in [-0.25, -0.2) is 0 Å². The van der Waals surface area contributed by atoms with Gasteiger partial charge in [0.25, 0.3) is 0 Å². The van der Waals surface area contributed by atoms with Crippen molar-refractivity contribution in [2.45, 2.75) is 55.3 Å². The van der Waals surface area contributed by atoms with Gasteiger partial charge in [-0.3, -0.25) is 9.78 Å². The van der Waals surface area contributed by atoms with Crippen molar-refractivity contribution in [3.63, 3.8) is 0 Å². The van der Waals surface area contributed by atoms with Crippen LogP contribution in [0.1, 0.15) is 45.1 Å². The molecular weight excluding hydrogens is 351 g/mol. The zero-order chi connectivity index (χ0) is 18.7. The first-order valence-electron chi connectivity index (χ1n) is 8.12. The number of halogens is 3. The van der Waals surface area contributed by atoms with E-state index in [0.717, 1.165) is 23.9 Å². The molecule has 0 amide bonds. The largest absolute Gasteiger partial charge is 0.480 e. The molecule has 0 saturated carbocycles. The van der Waals surface area contributed by atoms with Gasteiger partial charge in [0.1, 0.15) is 4.75 Å². The van der Waals surface area contributed by atoms with Crippen molar-refractivity contribution in [2.75, 3.05) is 0 Å². The SMILES string of the molecule is CCCC(CCC)(Sc1ccnc2ccc(C(F)(F)F)cc12)C(=O)O. The minimum absolute atomic E-state index is 0.333. The minimum Gasteiger partial charge on any atom is -0.480 e. The molecule has 2 rings (SSSR count). The van der Waals surface area contributed by atoms with Gasteiger partial charge in [0.15, 0.2) is 0 Å². The highest BCUT2D eigenvalue weighted by Gasteiger charge is 2.38. The van der Waals surface area contributed by atoms with Crippen LogP contribution in [0.3, 0.4) is 0 Å². The maximum atomic E-state index is 13.0. The number of hydrogen-bond donors (Lipinski definition) is 1. The second-order valence-electron chi connectivity index (χ2n) is 5.94. The molecule has 1 aromatic heterocycles. The molecule has 0 radical (unpaired) electrons. The van der Waals surface area contributed by atoms with Crippen molar-refractivity contribution in [3.8, 4) is 0 Å². The molecular formula is C18H20F3NO2S. The zero-order valence-corrected chi connectivity index (χ0v) is 14.9. The Morgan fingerprint density at radius 3 is 2.32 bits per heavy atom. The Kier molecular flexibility index (Phi) is 5.98. The molecule has 0 aliphatic heterocycles. The van der Waals surface area contributed by atoms with E-state index in [-0.39, 0.29) is 0 Å². The van der Waals surface area contributed by atoms with Gasteiger partial charge in [0.05, 0.1) is 11.1 Å². The summed E-state index contributed by atoms with van der Waals surface area (Å²) in [6, 6.07) is 4.96. The summed E-state index contributed by atoms with van der Waals surface area (Å²) < 4.78 is 38.1. The Morgan fingerprint density at radius 1 is 1.16 bits per heavy atom. The molecule has 2 aromatic rings. The van der Waals surface area contributed by atoms with Crippen LogP contribution in [-0.4, -0.2) is 20.8 Å². The summed E-state index contributed by atoms with van der Waals surface area (Å²) in [7, 11) is 0. The summed E-state index contributed by atoms with van der Waals surface area (Å²) in [5, 5.41) is 10.1. The minimum atomic E-state index is -4.46. The molecule has 1 N–H and O–H groups in total. The zero-order valence-electron chi connectivity index (χ0n) is 14.1. The van der Waals surface area contributed by atoms with Gasteiger partial charge in [-0.05, 0) is 37.1 Å². The summed E-state index contributed by atoms with van der Waals surface area (Å²) in [5.41, 5.74) is -0.341. The van der Waals surface area contributed by atoms with Crippen LogP contribution in [0.5, 0.6) is 0 Å². The van der Waals surface area contributed by atoms with Crippen molar-refractivity contribution in [1.29, 1.82) is 0 Å². The third kappa shape index (κ3) is 4.26. The molecule has 0 saturated heterocycles. The number of alkyl halides is 3. The first-order chi connectivity index (χ1) is 11.7. The molecule has 0 spiro atoms. The lowest BCUT2D eigenvalue weighted by Gasteiger charge is -2.28. The number of nitrogens with zero attached hydrogens (tertiary/aromatic N) is 1. The lowest BCUT2D eigenvalue weighted by atomic mass is 9.97. The number of carboxylic acid groups (broad SMARTS) is 1. The highest BCUT2D eigenvalue weighted by Crippen LogP contribution is 2.43. The first-order valence-corrected chi connectivity index (χ1v) is 8.93. The molecule has 0 bridgehead atoms. The van der Waals surface area contributed by atoms with Gasteiger partial charge in [0, 0.05) is 16.5 Å². The number of pyridine rings is 1. The van der Waals surface area contributed by atoms with Crippen molar-refractivity contribution >= 4 is 28.6 Å². The van der Waals surface area contributed by atoms with Crippen LogP contribution in [0.25, 0.3) is 10.9 Å². The molecule has 25 heavy (non-hydrogen) atoms. The fraction of sp³-hybridized carbons (Fsp3) is 0.444. The lowest BCUT2D eigenvalue weighted by Crippen LogP contribution is -2.34. The number of aliphatic carboxylic acids is 1. The Labute approximate surface area is 148 Å². The Bertz CT molecular complexity index is 756. The molecule has 1 heterocycles. The molecule has 0 unspecified atom stereocenters. The summed E-state index contributed by atoms with van der Waals surface area (Å²) in [4.78, 5) is 16.6. The normalized spacial score (nSPS) is 12.5. The van der Waals surface area contributed by atoms with Crippen molar-refractivity contribution in [2.24, 2.45) is 0 Å². The molecule has 0 fully saturated rings. The van der Waals surface area contributed by atoms with Gasteiger partial charge in [-0.1, -0.05) is 26.7 Å². The highest BCUT2D eigenvalue weighted by molar-refractivity contribution is 8.01. The van der Waals surface area contributed by atoms with Gasteiger partial charge < -0.3 is 5.11 Å². The molecule has 136 valence electrons. The molecule has 3 nitrogen and oxygen atoms in total. The van der Waals surface area contributed by atoms with E-state index in [1.807, 2.05) is 13.8 Å². The van der Waals surface area contributed by atoms with Crippen LogP contribution in [0.2, 0.25) is 0 Å². The predicted molar refractivity (Wildman–Crippen MR) is 92.8 cm³/mol. The van der Waals surface area contributed by atoms with Gasteiger partial charge in [-0.2, -0.15) is 13.2 Å². The number of fused-ring (bicyclic) bond motifs is 1. The van der Waals surface area contributed by atoms with Crippen LogP contribution >= 0.6 is 11.8 Å². The second-order valence-corrected chi connectivity index (χ2v) is 7.37. The number of aromatic nitrogens is 1. The summed E-state index contributed by atoms with van der Waals surface area (Å²) >= 11 is 1.14. The number of carboxylic acids is 1. The van der Waals surface area contributed by atoms with Gasteiger partial charge in [0.2, 0.25) is 0 Å².